The number of nitrogens with zero attached hydrogens (tertiary/aromatic N) is 1. The average Bonchev–Trinajstić information content (AvgIpc) is 3.05. The highest BCUT2D eigenvalue weighted by molar-refractivity contribution is 5.96. The maximum Gasteiger partial charge on any atom is 0.251 e. The van der Waals surface area contributed by atoms with Crippen LogP contribution in [0.2, 0.25) is 0 Å². The van der Waals surface area contributed by atoms with E-state index in [0.29, 0.717) is 24.6 Å². The van der Waals surface area contributed by atoms with Gasteiger partial charge in [0.15, 0.2) is 0 Å². The fourth-order valence-corrected chi connectivity index (χ4v) is 2.70. The minimum Gasteiger partial charge on any atom is -0.381 e. The van der Waals surface area contributed by atoms with Crippen LogP contribution in [-0.4, -0.2) is 49.6 Å². The summed E-state index contributed by atoms with van der Waals surface area (Å²) in [6.07, 6.45) is 0.999. The first-order valence-electron chi connectivity index (χ1n) is 8.22. The molecule has 1 saturated heterocycles. The molecule has 5 heteroatoms. The molecule has 1 fully saturated rings. The van der Waals surface area contributed by atoms with E-state index in [1.165, 1.54) is 0 Å². The number of nitrogens with one attached hydrogen (secondary N) is 1. The van der Waals surface area contributed by atoms with Gasteiger partial charge in [-0.15, -0.1) is 0 Å². The van der Waals surface area contributed by atoms with Crippen molar-refractivity contribution in [2.24, 2.45) is 5.92 Å². The van der Waals surface area contributed by atoms with Gasteiger partial charge in [-0.05, 0) is 50.5 Å². The Kier molecular flexibility index (Phi) is 6.16. The van der Waals surface area contributed by atoms with Crippen LogP contribution < -0.4 is 5.32 Å². The highest BCUT2D eigenvalue weighted by Crippen LogP contribution is 2.14. The van der Waals surface area contributed by atoms with E-state index in [1.54, 1.807) is 11.0 Å². The monoisotopic (exact) mass is 318 g/mol. The van der Waals surface area contributed by atoms with Gasteiger partial charge in [0.2, 0.25) is 5.91 Å². The first-order chi connectivity index (χ1) is 11.0. The SMILES string of the molecule is CCN(C[C@H]1CCOC1)C(=O)CNC(=O)c1ccc(C)c(C)c1. The Hall–Kier alpha value is -1.88. The number of carbonyl (C=O) groups excluding carboxylic acids is 2. The number of carbonyl (C=O) groups is 2. The predicted molar refractivity (Wildman–Crippen MR) is 89.4 cm³/mol. The maximum atomic E-state index is 12.3. The van der Waals surface area contributed by atoms with Crippen LogP contribution in [-0.2, 0) is 9.53 Å². The van der Waals surface area contributed by atoms with E-state index in [-0.39, 0.29) is 18.4 Å². The Morgan fingerprint density at radius 1 is 1.30 bits per heavy atom. The molecule has 126 valence electrons. The van der Waals surface area contributed by atoms with E-state index < -0.39 is 0 Å². The van der Waals surface area contributed by atoms with Crippen LogP contribution in [0.5, 0.6) is 0 Å². The Labute approximate surface area is 138 Å². The number of likely N-dealkylation sites (N-methyl/N-ethyl adjacent to an activating group) is 1. The maximum absolute atomic E-state index is 12.3. The zero-order valence-corrected chi connectivity index (χ0v) is 14.2. The number of rotatable bonds is 6. The van der Waals surface area contributed by atoms with Gasteiger partial charge in [-0.2, -0.15) is 0 Å². The van der Waals surface area contributed by atoms with Crippen molar-refractivity contribution in [1.29, 1.82) is 0 Å². The molecule has 0 unspecified atom stereocenters. The van der Waals surface area contributed by atoms with Crippen LogP contribution in [0.25, 0.3) is 0 Å². The van der Waals surface area contributed by atoms with Crippen LogP contribution in [0.1, 0.15) is 34.8 Å². The molecule has 0 aliphatic carbocycles. The standard InChI is InChI=1S/C18H26N2O3/c1-4-20(11-15-7-8-23-12-15)17(21)10-19-18(22)16-6-5-13(2)14(3)9-16/h5-6,9,15H,4,7-8,10-12H2,1-3H3,(H,19,22)/t15-/m1/s1. The fourth-order valence-electron chi connectivity index (χ4n) is 2.70. The highest BCUT2D eigenvalue weighted by Gasteiger charge is 2.21. The smallest absolute Gasteiger partial charge is 0.251 e. The molecule has 5 nitrogen and oxygen atoms in total. The van der Waals surface area contributed by atoms with Gasteiger partial charge in [0.05, 0.1) is 13.2 Å². The molecule has 0 saturated carbocycles. The summed E-state index contributed by atoms with van der Waals surface area (Å²) in [5, 5.41) is 2.72. The summed E-state index contributed by atoms with van der Waals surface area (Å²) < 4.78 is 5.35. The topological polar surface area (TPSA) is 58.6 Å². The summed E-state index contributed by atoms with van der Waals surface area (Å²) in [5.41, 5.74) is 2.81. The largest absolute Gasteiger partial charge is 0.381 e. The molecule has 1 heterocycles. The second kappa shape index (κ2) is 8.11. The quantitative estimate of drug-likeness (QED) is 0.872. The van der Waals surface area contributed by atoms with Crippen molar-refractivity contribution in [2.45, 2.75) is 27.2 Å². The molecule has 1 aliphatic rings. The summed E-state index contributed by atoms with van der Waals surface area (Å²) in [5.74, 6) is 0.160. The van der Waals surface area contributed by atoms with Gasteiger partial charge in [0.25, 0.3) is 5.91 Å². The Morgan fingerprint density at radius 3 is 2.70 bits per heavy atom. The molecule has 1 aromatic rings. The van der Waals surface area contributed by atoms with Gasteiger partial charge in [0, 0.05) is 31.2 Å². The number of hydrogen-bond donors (Lipinski definition) is 1. The third kappa shape index (κ3) is 4.79. The molecule has 1 N–H and O–H groups in total. The Bertz CT molecular complexity index is 565. The van der Waals surface area contributed by atoms with Gasteiger partial charge in [-0.25, -0.2) is 0 Å². The van der Waals surface area contributed by atoms with E-state index in [0.717, 1.165) is 30.8 Å². The first-order valence-corrected chi connectivity index (χ1v) is 8.22. The lowest BCUT2D eigenvalue weighted by molar-refractivity contribution is -0.130. The van der Waals surface area contributed by atoms with Gasteiger partial charge in [0.1, 0.15) is 0 Å². The third-order valence-electron chi connectivity index (χ3n) is 4.41. The van der Waals surface area contributed by atoms with Crippen molar-refractivity contribution in [3.05, 3.63) is 34.9 Å². The lowest BCUT2D eigenvalue weighted by Crippen LogP contribution is -2.42. The van der Waals surface area contributed by atoms with Crippen LogP contribution in [0, 0.1) is 19.8 Å². The third-order valence-corrected chi connectivity index (χ3v) is 4.41. The second-order valence-corrected chi connectivity index (χ2v) is 6.14. The van der Waals surface area contributed by atoms with Crippen molar-refractivity contribution in [2.75, 3.05) is 32.8 Å². The molecule has 0 bridgehead atoms. The summed E-state index contributed by atoms with van der Waals surface area (Å²) in [6, 6.07) is 5.56. The lowest BCUT2D eigenvalue weighted by Gasteiger charge is -2.23. The number of hydrogen-bond acceptors (Lipinski definition) is 3. The molecule has 23 heavy (non-hydrogen) atoms. The molecule has 1 atom stereocenters. The van der Waals surface area contributed by atoms with Crippen LogP contribution >= 0.6 is 0 Å². The predicted octanol–water partition coefficient (Wildman–Crippen LogP) is 1.92. The van der Waals surface area contributed by atoms with Gasteiger partial charge >= 0.3 is 0 Å². The summed E-state index contributed by atoms with van der Waals surface area (Å²) in [7, 11) is 0. The molecular weight excluding hydrogens is 292 g/mol. The number of aryl methyl sites for hydroxylation is 2. The van der Waals surface area contributed by atoms with Gasteiger partial charge in [-0.1, -0.05) is 6.07 Å². The highest BCUT2D eigenvalue weighted by atomic mass is 16.5. The zero-order chi connectivity index (χ0) is 16.8. The molecular formula is C18H26N2O3. The zero-order valence-electron chi connectivity index (χ0n) is 14.2. The van der Waals surface area contributed by atoms with Crippen LogP contribution in [0.3, 0.4) is 0 Å². The van der Waals surface area contributed by atoms with Gasteiger partial charge < -0.3 is 15.0 Å². The molecule has 2 rings (SSSR count). The summed E-state index contributed by atoms with van der Waals surface area (Å²) in [6.45, 7) is 8.82. The minimum atomic E-state index is -0.207. The average molecular weight is 318 g/mol. The minimum absolute atomic E-state index is 0.0349. The van der Waals surface area contributed by atoms with Crippen molar-refractivity contribution >= 4 is 11.8 Å². The molecule has 0 radical (unpaired) electrons. The first kappa shape index (κ1) is 17.5. The Balaban J connectivity index is 1.86. The number of amides is 2. The van der Waals surface area contributed by atoms with Crippen LogP contribution in [0.15, 0.2) is 18.2 Å². The lowest BCUT2D eigenvalue weighted by atomic mass is 10.1. The van der Waals surface area contributed by atoms with Crippen molar-refractivity contribution in [3.63, 3.8) is 0 Å². The van der Waals surface area contributed by atoms with E-state index in [4.69, 9.17) is 4.74 Å². The molecule has 1 aromatic carbocycles. The second-order valence-electron chi connectivity index (χ2n) is 6.14. The number of benzene rings is 1. The van der Waals surface area contributed by atoms with Gasteiger partial charge in [-0.3, -0.25) is 9.59 Å². The number of ether oxygens (including phenoxy) is 1. The molecule has 2 amide bonds. The van der Waals surface area contributed by atoms with E-state index in [9.17, 15) is 9.59 Å². The molecule has 1 aliphatic heterocycles. The van der Waals surface area contributed by atoms with Crippen molar-refractivity contribution in [1.82, 2.24) is 10.2 Å². The molecule has 0 spiro atoms. The van der Waals surface area contributed by atoms with Crippen molar-refractivity contribution in [3.8, 4) is 0 Å². The van der Waals surface area contributed by atoms with Crippen molar-refractivity contribution < 1.29 is 14.3 Å². The summed E-state index contributed by atoms with van der Waals surface area (Å²) in [4.78, 5) is 26.2. The Morgan fingerprint density at radius 2 is 2.09 bits per heavy atom. The van der Waals surface area contributed by atoms with E-state index >= 15 is 0 Å². The van der Waals surface area contributed by atoms with Crippen LogP contribution in [0.4, 0.5) is 0 Å². The fraction of sp³-hybridized carbons (Fsp3) is 0.556. The summed E-state index contributed by atoms with van der Waals surface area (Å²) >= 11 is 0. The van der Waals surface area contributed by atoms with E-state index in [1.807, 2.05) is 32.9 Å². The van der Waals surface area contributed by atoms with E-state index in [2.05, 4.69) is 5.32 Å². The normalized spacial score (nSPS) is 17.1. The molecule has 0 aromatic heterocycles.